The molecule has 6 nitrogen and oxygen atoms in total. The van der Waals surface area contributed by atoms with E-state index in [0.717, 1.165) is 4.90 Å². The van der Waals surface area contributed by atoms with E-state index in [1.54, 1.807) is 24.3 Å². The van der Waals surface area contributed by atoms with Crippen LogP contribution in [0.4, 0.5) is 10.5 Å². The minimum atomic E-state index is -0.815. The quantitative estimate of drug-likeness (QED) is 0.386. The van der Waals surface area contributed by atoms with Crippen LogP contribution in [0.15, 0.2) is 50.9 Å². The fourth-order valence-corrected chi connectivity index (χ4v) is 4.28. The first-order valence-corrected chi connectivity index (χ1v) is 10.9. The summed E-state index contributed by atoms with van der Waals surface area (Å²) in [5, 5.41) is 2.66. The Balaban J connectivity index is 1.95. The number of hydrogen-bond acceptors (Lipinski definition) is 4. The number of carbonyl (C=O) groups excluding carboxylic acids is 3. The van der Waals surface area contributed by atoms with Gasteiger partial charge in [0.25, 0.3) is 11.8 Å². The van der Waals surface area contributed by atoms with E-state index in [1.165, 1.54) is 18.2 Å². The molecule has 1 saturated heterocycles. The van der Waals surface area contributed by atoms with Crippen molar-refractivity contribution in [1.82, 2.24) is 5.32 Å². The van der Waals surface area contributed by atoms with E-state index >= 15 is 0 Å². The highest BCUT2D eigenvalue weighted by Gasteiger charge is 2.36. The Kier molecular flexibility index (Phi) is 7.00. The van der Waals surface area contributed by atoms with Crippen LogP contribution in [0.3, 0.4) is 0 Å². The molecule has 1 aliphatic heterocycles. The lowest BCUT2D eigenvalue weighted by molar-refractivity contribution is -0.122. The molecule has 1 heterocycles. The maximum atomic E-state index is 12.9. The van der Waals surface area contributed by atoms with Gasteiger partial charge in [-0.3, -0.25) is 14.9 Å². The van der Waals surface area contributed by atoms with Gasteiger partial charge in [0.2, 0.25) is 0 Å². The van der Waals surface area contributed by atoms with Crippen molar-refractivity contribution in [2.45, 2.75) is 13.8 Å². The predicted molar refractivity (Wildman–Crippen MR) is 123 cm³/mol. The average molecular weight is 557 g/mol. The van der Waals surface area contributed by atoms with Crippen molar-refractivity contribution in [3.8, 4) is 5.75 Å². The number of halogens is 3. The molecule has 30 heavy (non-hydrogen) atoms. The fraction of sp³-hybridized carbons (Fsp3) is 0.190. The third-order valence-corrected chi connectivity index (χ3v) is 5.51. The number of barbiturate groups is 1. The summed E-state index contributed by atoms with van der Waals surface area (Å²) in [4.78, 5) is 38.4. The van der Waals surface area contributed by atoms with Crippen LogP contribution in [0.1, 0.15) is 19.4 Å². The van der Waals surface area contributed by atoms with Crippen molar-refractivity contribution in [2.24, 2.45) is 5.92 Å². The van der Waals surface area contributed by atoms with Crippen molar-refractivity contribution in [3.05, 3.63) is 61.5 Å². The van der Waals surface area contributed by atoms with E-state index in [2.05, 4.69) is 37.2 Å². The third kappa shape index (κ3) is 4.94. The lowest BCUT2D eigenvalue weighted by atomic mass is 10.1. The Morgan fingerprint density at radius 1 is 1.10 bits per heavy atom. The van der Waals surface area contributed by atoms with Crippen LogP contribution in [-0.4, -0.2) is 24.5 Å². The van der Waals surface area contributed by atoms with E-state index in [9.17, 15) is 14.4 Å². The topological polar surface area (TPSA) is 75.7 Å². The van der Waals surface area contributed by atoms with Gasteiger partial charge in [-0.1, -0.05) is 25.4 Å². The van der Waals surface area contributed by atoms with Gasteiger partial charge >= 0.3 is 6.03 Å². The standard InChI is InChI=1S/C21H17Br2ClN2O4/c1-11(2)10-30-18-16(22)8-12(9-17(18)23)7-15-19(27)25-21(29)26(20(15)28)14-5-3-13(24)4-6-14/h3-9,11H,10H2,1-2H3,(H,25,27,29)/b15-7+. The van der Waals surface area contributed by atoms with Crippen molar-refractivity contribution >= 4 is 73.1 Å². The molecule has 1 fully saturated rings. The molecule has 156 valence electrons. The van der Waals surface area contributed by atoms with Gasteiger partial charge in [-0.2, -0.15) is 0 Å². The number of nitrogens with one attached hydrogen (secondary N) is 1. The molecule has 0 atom stereocenters. The first kappa shape index (κ1) is 22.5. The Hall–Kier alpha value is -2.16. The zero-order chi connectivity index (χ0) is 22.0. The van der Waals surface area contributed by atoms with E-state index < -0.39 is 17.8 Å². The maximum absolute atomic E-state index is 12.9. The van der Waals surface area contributed by atoms with Gasteiger partial charge in [0.05, 0.1) is 21.2 Å². The molecule has 0 aliphatic carbocycles. The maximum Gasteiger partial charge on any atom is 0.335 e. The number of carbonyl (C=O) groups is 3. The van der Waals surface area contributed by atoms with Crippen LogP contribution in [-0.2, 0) is 9.59 Å². The fourth-order valence-electron chi connectivity index (χ4n) is 2.70. The normalized spacial score (nSPS) is 15.7. The molecule has 1 aliphatic rings. The number of rotatable bonds is 5. The summed E-state index contributed by atoms with van der Waals surface area (Å²) in [5.41, 5.74) is 0.717. The summed E-state index contributed by atoms with van der Waals surface area (Å²) in [6.07, 6.45) is 1.43. The highest BCUT2D eigenvalue weighted by atomic mass is 79.9. The van der Waals surface area contributed by atoms with Crippen LogP contribution in [0.5, 0.6) is 5.75 Å². The lowest BCUT2D eigenvalue weighted by Crippen LogP contribution is -2.54. The number of nitrogens with zero attached hydrogens (tertiary/aromatic N) is 1. The predicted octanol–water partition coefficient (Wildman–Crippen LogP) is 5.57. The number of amides is 4. The highest BCUT2D eigenvalue weighted by Crippen LogP contribution is 2.36. The first-order valence-electron chi connectivity index (χ1n) is 8.96. The molecule has 0 spiro atoms. The minimum absolute atomic E-state index is 0.167. The first-order chi connectivity index (χ1) is 14.2. The zero-order valence-electron chi connectivity index (χ0n) is 16.0. The Morgan fingerprint density at radius 3 is 2.27 bits per heavy atom. The molecular formula is C21H17Br2ClN2O4. The second kappa shape index (κ2) is 9.32. The van der Waals surface area contributed by atoms with E-state index in [0.29, 0.717) is 43.5 Å². The van der Waals surface area contributed by atoms with Gasteiger partial charge in [0.1, 0.15) is 11.3 Å². The van der Waals surface area contributed by atoms with Gasteiger partial charge in [-0.15, -0.1) is 0 Å². The summed E-state index contributed by atoms with van der Waals surface area (Å²) in [5.74, 6) is -0.505. The highest BCUT2D eigenvalue weighted by molar-refractivity contribution is 9.11. The molecule has 1 N–H and O–H groups in total. The molecule has 0 unspecified atom stereocenters. The molecule has 3 rings (SSSR count). The third-order valence-electron chi connectivity index (χ3n) is 4.08. The number of benzene rings is 2. The Morgan fingerprint density at radius 2 is 1.70 bits per heavy atom. The van der Waals surface area contributed by atoms with Crippen molar-refractivity contribution in [3.63, 3.8) is 0 Å². The van der Waals surface area contributed by atoms with Crippen LogP contribution in [0.25, 0.3) is 6.08 Å². The van der Waals surface area contributed by atoms with Gasteiger partial charge in [-0.25, -0.2) is 9.69 Å². The monoisotopic (exact) mass is 554 g/mol. The smallest absolute Gasteiger partial charge is 0.335 e. The van der Waals surface area contributed by atoms with Crippen LogP contribution in [0, 0.1) is 5.92 Å². The van der Waals surface area contributed by atoms with Crippen LogP contribution >= 0.6 is 43.5 Å². The van der Waals surface area contributed by atoms with Gasteiger partial charge in [0, 0.05) is 5.02 Å². The zero-order valence-corrected chi connectivity index (χ0v) is 20.0. The summed E-state index contributed by atoms with van der Waals surface area (Å²) in [6.45, 7) is 4.62. The lowest BCUT2D eigenvalue weighted by Gasteiger charge is -2.26. The summed E-state index contributed by atoms with van der Waals surface area (Å²) >= 11 is 12.8. The second-order valence-corrected chi connectivity index (χ2v) is 9.10. The number of imide groups is 2. The molecule has 0 bridgehead atoms. The van der Waals surface area contributed by atoms with Crippen LogP contribution < -0.4 is 15.0 Å². The molecular weight excluding hydrogens is 540 g/mol. The molecule has 9 heteroatoms. The summed E-state index contributed by atoms with van der Waals surface area (Å²) in [6, 6.07) is 8.82. The van der Waals surface area contributed by atoms with Gasteiger partial charge in [0.15, 0.2) is 0 Å². The van der Waals surface area contributed by atoms with Gasteiger partial charge in [-0.05, 0) is 85.8 Å². The van der Waals surface area contributed by atoms with E-state index in [-0.39, 0.29) is 5.57 Å². The molecule has 2 aromatic rings. The minimum Gasteiger partial charge on any atom is -0.491 e. The molecule has 0 aromatic heterocycles. The van der Waals surface area contributed by atoms with Crippen molar-refractivity contribution in [2.75, 3.05) is 11.5 Å². The number of ether oxygens (including phenoxy) is 1. The molecule has 4 amide bonds. The summed E-state index contributed by atoms with van der Waals surface area (Å²) < 4.78 is 7.12. The average Bonchev–Trinajstić information content (AvgIpc) is 2.65. The SMILES string of the molecule is CC(C)COc1c(Br)cc(/C=C2\C(=O)NC(=O)N(c3ccc(Cl)cc3)C2=O)cc1Br. The Bertz CT molecular complexity index is 1030. The van der Waals surface area contributed by atoms with Crippen molar-refractivity contribution in [1.29, 1.82) is 0 Å². The van der Waals surface area contributed by atoms with Crippen LogP contribution in [0.2, 0.25) is 5.02 Å². The Labute approximate surface area is 195 Å². The second-order valence-electron chi connectivity index (χ2n) is 6.95. The molecule has 0 saturated carbocycles. The number of anilines is 1. The number of urea groups is 1. The van der Waals surface area contributed by atoms with E-state index in [1.807, 2.05) is 13.8 Å². The van der Waals surface area contributed by atoms with Crippen molar-refractivity contribution < 1.29 is 19.1 Å². The molecule has 2 aromatic carbocycles. The summed E-state index contributed by atoms with van der Waals surface area (Å²) in [7, 11) is 0. The number of hydrogen-bond donors (Lipinski definition) is 1. The molecule has 0 radical (unpaired) electrons. The van der Waals surface area contributed by atoms with Gasteiger partial charge < -0.3 is 4.74 Å². The van der Waals surface area contributed by atoms with E-state index in [4.69, 9.17) is 16.3 Å². The largest absolute Gasteiger partial charge is 0.491 e.